The Hall–Kier alpha value is -0.0600. The maximum atomic E-state index is 13.7. The Morgan fingerprint density at radius 1 is 1.53 bits per heavy atom. The zero-order valence-corrected chi connectivity index (χ0v) is 11.1. The number of benzene rings is 1. The standard InChI is InChI=1S/C11H13BrFNS/c1-11(2)6-15-10(14-11)8-4-3-7(12)5-9(8)13/h3-5,10,14H,6H2,1-2H3. The lowest BCUT2D eigenvalue weighted by atomic mass is 10.1. The van der Waals surface area contributed by atoms with Crippen molar-refractivity contribution >= 4 is 27.7 Å². The van der Waals surface area contributed by atoms with E-state index < -0.39 is 0 Å². The molecule has 1 nitrogen and oxygen atoms in total. The molecule has 1 aliphatic heterocycles. The van der Waals surface area contributed by atoms with Gasteiger partial charge in [0.05, 0.1) is 5.37 Å². The van der Waals surface area contributed by atoms with Crippen LogP contribution in [0.15, 0.2) is 22.7 Å². The van der Waals surface area contributed by atoms with E-state index in [0.717, 1.165) is 15.8 Å². The lowest BCUT2D eigenvalue weighted by Gasteiger charge is -2.19. The van der Waals surface area contributed by atoms with Crippen LogP contribution < -0.4 is 5.32 Å². The topological polar surface area (TPSA) is 12.0 Å². The SMILES string of the molecule is CC1(C)CSC(c2ccc(Br)cc2F)N1. The highest BCUT2D eigenvalue weighted by atomic mass is 79.9. The number of thioether (sulfide) groups is 1. The maximum Gasteiger partial charge on any atom is 0.129 e. The molecule has 0 bridgehead atoms. The molecule has 0 radical (unpaired) electrons. The average molecular weight is 290 g/mol. The van der Waals surface area contributed by atoms with Crippen LogP contribution in [0.4, 0.5) is 4.39 Å². The molecule has 1 unspecified atom stereocenters. The van der Waals surface area contributed by atoms with Crippen LogP contribution >= 0.6 is 27.7 Å². The van der Waals surface area contributed by atoms with Gasteiger partial charge in [-0.15, -0.1) is 11.8 Å². The van der Waals surface area contributed by atoms with Crippen LogP contribution in [0.25, 0.3) is 0 Å². The molecule has 0 aliphatic carbocycles. The molecule has 1 aliphatic rings. The molecule has 0 saturated carbocycles. The fraction of sp³-hybridized carbons (Fsp3) is 0.455. The number of rotatable bonds is 1. The summed E-state index contributed by atoms with van der Waals surface area (Å²) in [5, 5.41) is 3.49. The lowest BCUT2D eigenvalue weighted by molar-refractivity contribution is 0.445. The van der Waals surface area contributed by atoms with Crippen molar-refractivity contribution in [1.29, 1.82) is 0 Å². The monoisotopic (exact) mass is 289 g/mol. The maximum absolute atomic E-state index is 13.7. The Balaban J connectivity index is 2.24. The van der Waals surface area contributed by atoms with Crippen LogP contribution in [0.1, 0.15) is 24.8 Å². The predicted molar refractivity (Wildman–Crippen MR) is 66.5 cm³/mol. The van der Waals surface area contributed by atoms with Crippen molar-refractivity contribution in [1.82, 2.24) is 5.32 Å². The zero-order valence-electron chi connectivity index (χ0n) is 8.68. The van der Waals surface area contributed by atoms with Gasteiger partial charge in [0.1, 0.15) is 5.82 Å². The molecule has 1 aromatic carbocycles. The second kappa shape index (κ2) is 4.07. The quantitative estimate of drug-likeness (QED) is 0.846. The summed E-state index contributed by atoms with van der Waals surface area (Å²) in [6, 6.07) is 5.24. The number of hydrogen-bond acceptors (Lipinski definition) is 2. The molecule has 0 spiro atoms. The van der Waals surface area contributed by atoms with Gasteiger partial charge in [-0.2, -0.15) is 0 Å². The van der Waals surface area contributed by atoms with Gasteiger partial charge in [-0.25, -0.2) is 4.39 Å². The third kappa shape index (κ3) is 2.55. The van der Waals surface area contributed by atoms with Crippen molar-refractivity contribution < 1.29 is 4.39 Å². The van der Waals surface area contributed by atoms with E-state index in [1.54, 1.807) is 11.8 Å². The highest BCUT2D eigenvalue weighted by molar-refractivity contribution is 9.10. The molecule has 1 heterocycles. The van der Waals surface area contributed by atoms with Gasteiger partial charge in [0.2, 0.25) is 0 Å². The smallest absolute Gasteiger partial charge is 0.129 e. The molecule has 15 heavy (non-hydrogen) atoms. The molecule has 2 rings (SSSR count). The number of halogens is 2. The van der Waals surface area contributed by atoms with E-state index in [0.29, 0.717) is 0 Å². The minimum atomic E-state index is -0.146. The van der Waals surface area contributed by atoms with E-state index in [2.05, 4.69) is 35.1 Å². The van der Waals surface area contributed by atoms with Gasteiger partial charge in [-0.05, 0) is 26.0 Å². The molecule has 1 atom stereocenters. The summed E-state index contributed by atoms with van der Waals surface area (Å²) in [7, 11) is 0. The molecule has 1 aromatic rings. The largest absolute Gasteiger partial charge is 0.296 e. The Bertz CT molecular complexity index is 381. The van der Waals surface area contributed by atoms with Gasteiger partial charge in [-0.3, -0.25) is 5.32 Å². The minimum absolute atomic E-state index is 0.0769. The molecule has 82 valence electrons. The first-order chi connectivity index (χ1) is 6.98. The fourth-order valence-electron chi connectivity index (χ4n) is 1.61. The van der Waals surface area contributed by atoms with Crippen molar-refractivity contribution in [3.8, 4) is 0 Å². The van der Waals surface area contributed by atoms with E-state index in [1.165, 1.54) is 6.07 Å². The summed E-state index contributed by atoms with van der Waals surface area (Å²) >= 11 is 5.02. The van der Waals surface area contributed by atoms with Crippen LogP contribution in [-0.2, 0) is 0 Å². The Morgan fingerprint density at radius 2 is 2.27 bits per heavy atom. The second-order valence-electron chi connectivity index (χ2n) is 4.39. The molecule has 1 fully saturated rings. The van der Waals surface area contributed by atoms with E-state index in [-0.39, 0.29) is 16.7 Å². The summed E-state index contributed by atoms with van der Waals surface area (Å²) in [4.78, 5) is 0. The van der Waals surface area contributed by atoms with Crippen LogP contribution in [0.3, 0.4) is 0 Å². The fourth-order valence-corrected chi connectivity index (χ4v) is 3.38. The van der Waals surface area contributed by atoms with Crippen molar-refractivity contribution in [2.45, 2.75) is 24.8 Å². The third-order valence-corrected chi connectivity index (χ3v) is 4.46. The molecule has 4 heteroatoms. The first kappa shape index (κ1) is 11.4. The van der Waals surface area contributed by atoms with Crippen LogP contribution in [-0.4, -0.2) is 11.3 Å². The molecule has 1 N–H and O–H groups in total. The average Bonchev–Trinajstić information content (AvgIpc) is 2.46. The van der Waals surface area contributed by atoms with Crippen molar-refractivity contribution in [3.63, 3.8) is 0 Å². The van der Waals surface area contributed by atoms with Gasteiger partial charge >= 0.3 is 0 Å². The molecular formula is C11H13BrFNS. The van der Waals surface area contributed by atoms with E-state index in [4.69, 9.17) is 0 Å². The summed E-state index contributed by atoms with van der Waals surface area (Å²) in [6.07, 6.45) is 0. The predicted octanol–water partition coefficient (Wildman–Crippen LogP) is 3.70. The van der Waals surface area contributed by atoms with Gasteiger partial charge in [-0.1, -0.05) is 22.0 Å². The highest BCUT2D eigenvalue weighted by Gasteiger charge is 2.32. The number of nitrogens with one attached hydrogen (secondary N) is 1. The van der Waals surface area contributed by atoms with Gasteiger partial charge in [0.25, 0.3) is 0 Å². The van der Waals surface area contributed by atoms with Gasteiger partial charge in [0.15, 0.2) is 0 Å². The van der Waals surface area contributed by atoms with Crippen molar-refractivity contribution in [3.05, 3.63) is 34.1 Å². The van der Waals surface area contributed by atoms with E-state index in [1.807, 2.05) is 12.1 Å². The summed E-state index contributed by atoms with van der Waals surface area (Å²) in [5.41, 5.74) is 0.836. The molecule has 0 aromatic heterocycles. The van der Waals surface area contributed by atoms with E-state index >= 15 is 0 Å². The summed E-state index contributed by atoms with van der Waals surface area (Å²) in [6.45, 7) is 4.27. The molecular weight excluding hydrogens is 277 g/mol. The summed E-state index contributed by atoms with van der Waals surface area (Å²) < 4.78 is 14.5. The van der Waals surface area contributed by atoms with Crippen LogP contribution in [0, 0.1) is 5.82 Å². The minimum Gasteiger partial charge on any atom is -0.296 e. The van der Waals surface area contributed by atoms with Crippen molar-refractivity contribution in [2.75, 3.05) is 5.75 Å². The number of hydrogen-bond donors (Lipinski definition) is 1. The Kier molecular flexibility index (Phi) is 3.10. The third-order valence-electron chi connectivity index (χ3n) is 2.38. The Labute approximate surface area is 102 Å². The Morgan fingerprint density at radius 3 is 2.80 bits per heavy atom. The normalized spacial score (nSPS) is 24.4. The van der Waals surface area contributed by atoms with Gasteiger partial charge < -0.3 is 0 Å². The zero-order chi connectivity index (χ0) is 11.1. The lowest BCUT2D eigenvalue weighted by Crippen LogP contribution is -2.36. The second-order valence-corrected chi connectivity index (χ2v) is 6.39. The highest BCUT2D eigenvalue weighted by Crippen LogP contribution is 2.38. The first-order valence-corrected chi connectivity index (χ1v) is 6.66. The molecule has 0 amide bonds. The summed E-state index contributed by atoms with van der Waals surface area (Å²) in [5.74, 6) is 0.861. The first-order valence-electron chi connectivity index (χ1n) is 4.82. The van der Waals surface area contributed by atoms with Crippen molar-refractivity contribution in [2.24, 2.45) is 0 Å². The molecule has 1 saturated heterocycles. The van der Waals surface area contributed by atoms with Gasteiger partial charge in [0, 0.05) is 21.3 Å². The van der Waals surface area contributed by atoms with Crippen LogP contribution in [0.2, 0.25) is 0 Å². The van der Waals surface area contributed by atoms with E-state index in [9.17, 15) is 4.39 Å². The van der Waals surface area contributed by atoms with Crippen LogP contribution in [0.5, 0.6) is 0 Å².